The number of fused-ring (bicyclic) bond motifs is 1. The van der Waals surface area contributed by atoms with E-state index < -0.39 is 6.09 Å². The quantitative estimate of drug-likeness (QED) is 0.608. The van der Waals surface area contributed by atoms with Crippen LogP contribution in [0.3, 0.4) is 0 Å². The van der Waals surface area contributed by atoms with E-state index >= 15 is 0 Å². The van der Waals surface area contributed by atoms with Gasteiger partial charge in [-0.15, -0.1) is 0 Å². The van der Waals surface area contributed by atoms with Crippen molar-refractivity contribution in [3.8, 4) is 0 Å². The monoisotopic (exact) mass is 337 g/mol. The Labute approximate surface area is 140 Å². The molecule has 0 fully saturated rings. The Bertz CT molecular complexity index is 636. The molecule has 2 N–H and O–H groups in total. The molecule has 0 radical (unpaired) electrons. The molecule has 0 aromatic carbocycles. The molecule has 8 nitrogen and oxygen atoms in total. The van der Waals surface area contributed by atoms with Crippen LogP contribution in [0.1, 0.15) is 47.2 Å². The van der Waals surface area contributed by atoms with Gasteiger partial charge >= 0.3 is 6.09 Å². The lowest BCUT2D eigenvalue weighted by Crippen LogP contribution is -2.27. The standard InChI is InChI=1S/C16H23N3O5/c1-4-23-16(21)19-18-11-6-5-7-12-13(11)10(2)14(24-12)15(20)17-8-9-22-3/h4-9H2,1-3H3,(H,17,20)(H,19,21)/b18-11+. The van der Waals surface area contributed by atoms with Crippen molar-refractivity contribution < 1.29 is 23.5 Å². The second-order valence-electron chi connectivity index (χ2n) is 5.35. The van der Waals surface area contributed by atoms with Crippen molar-refractivity contribution in [3.05, 3.63) is 22.6 Å². The Kier molecular flexibility index (Phi) is 6.36. The number of carbonyl (C=O) groups is 2. The topological polar surface area (TPSA) is 102 Å². The fourth-order valence-corrected chi connectivity index (χ4v) is 2.62. The Balaban J connectivity index is 2.19. The number of nitrogens with zero attached hydrogens (tertiary/aromatic N) is 1. The summed E-state index contributed by atoms with van der Waals surface area (Å²) < 4.78 is 15.4. The molecule has 0 unspecified atom stereocenters. The number of rotatable bonds is 6. The molecule has 132 valence electrons. The van der Waals surface area contributed by atoms with E-state index in [-0.39, 0.29) is 18.3 Å². The molecule has 0 saturated heterocycles. The summed E-state index contributed by atoms with van der Waals surface area (Å²) >= 11 is 0. The first kappa shape index (κ1) is 18.0. The maximum absolute atomic E-state index is 12.2. The highest BCUT2D eigenvalue weighted by Gasteiger charge is 2.27. The molecule has 1 aliphatic carbocycles. The van der Waals surface area contributed by atoms with E-state index in [9.17, 15) is 9.59 Å². The normalized spacial score (nSPS) is 15.0. The molecule has 8 heteroatoms. The number of hydrazone groups is 1. The van der Waals surface area contributed by atoms with Gasteiger partial charge in [0.1, 0.15) is 5.76 Å². The molecular formula is C16H23N3O5. The van der Waals surface area contributed by atoms with Crippen LogP contribution in [-0.2, 0) is 15.9 Å². The predicted octanol–water partition coefficient (Wildman–Crippen LogP) is 1.75. The van der Waals surface area contributed by atoms with Gasteiger partial charge in [0.25, 0.3) is 5.91 Å². The van der Waals surface area contributed by atoms with Crippen molar-refractivity contribution in [2.24, 2.45) is 5.10 Å². The molecule has 24 heavy (non-hydrogen) atoms. The Morgan fingerprint density at radius 1 is 1.33 bits per heavy atom. The number of amides is 2. The van der Waals surface area contributed by atoms with Crippen LogP contribution in [0, 0.1) is 6.92 Å². The number of hydrogen-bond donors (Lipinski definition) is 2. The molecule has 2 rings (SSSR count). The van der Waals surface area contributed by atoms with Crippen LogP contribution < -0.4 is 10.7 Å². The third-order valence-corrected chi connectivity index (χ3v) is 3.68. The van der Waals surface area contributed by atoms with E-state index in [1.165, 1.54) is 0 Å². The smallest absolute Gasteiger partial charge is 0.427 e. The number of carbonyl (C=O) groups excluding carboxylic acids is 2. The minimum absolute atomic E-state index is 0.276. The predicted molar refractivity (Wildman–Crippen MR) is 87.3 cm³/mol. The van der Waals surface area contributed by atoms with Crippen molar-refractivity contribution >= 4 is 17.7 Å². The Hall–Kier alpha value is -2.35. The number of hydrogen-bond acceptors (Lipinski definition) is 6. The van der Waals surface area contributed by atoms with Gasteiger partial charge in [-0.2, -0.15) is 5.10 Å². The molecule has 0 bridgehead atoms. The van der Waals surface area contributed by atoms with Crippen molar-refractivity contribution in [1.29, 1.82) is 0 Å². The van der Waals surface area contributed by atoms with E-state index in [0.717, 1.165) is 29.7 Å². The van der Waals surface area contributed by atoms with E-state index in [2.05, 4.69) is 15.8 Å². The highest BCUT2D eigenvalue weighted by atomic mass is 16.5. The largest absolute Gasteiger partial charge is 0.455 e. The molecule has 1 heterocycles. The Morgan fingerprint density at radius 3 is 2.83 bits per heavy atom. The van der Waals surface area contributed by atoms with Crippen LogP contribution in [0.25, 0.3) is 0 Å². The number of methoxy groups -OCH3 is 1. The first-order valence-electron chi connectivity index (χ1n) is 7.97. The van der Waals surface area contributed by atoms with E-state index in [1.807, 2.05) is 6.92 Å². The average Bonchev–Trinajstić information content (AvgIpc) is 2.91. The summed E-state index contributed by atoms with van der Waals surface area (Å²) in [5.41, 5.74) is 4.59. The summed E-state index contributed by atoms with van der Waals surface area (Å²) in [6.45, 7) is 4.66. The van der Waals surface area contributed by atoms with Gasteiger partial charge in [-0.1, -0.05) is 0 Å². The van der Waals surface area contributed by atoms with Crippen molar-refractivity contribution in [3.63, 3.8) is 0 Å². The average molecular weight is 337 g/mol. The molecule has 0 spiro atoms. The van der Waals surface area contributed by atoms with Gasteiger partial charge in [-0.25, -0.2) is 10.2 Å². The van der Waals surface area contributed by atoms with Crippen LogP contribution in [0.15, 0.2) is 9.52 Å². The van der Waals surface area contributed by atoms with Gasteiger partial charge in [0.15, 0.2) is 5.76 Å². The molecule has 1 aromatic rings. The molecule has 1 aromatic heterocycles. The van der Waals surface area contributed by atoms with Gasteiger partial charge < -0.3 is 19.2 Å². The summed E-state index contributed by atoms with van der Waals surface area (Å²) in [6, 6.07) is 0. The van der Waals surface area contributed by atoms with Crippen LogP contribution >= 0.6 is 0 Å². The second kappa shape index (κ2) is 8.49. The van der Waals surface area contributed by atoms with Gasteiger partial charge in [0.05, 0.1) is 18.9 Å². The van der Waals surface area contributed by atoms with Crippen LogP contribution in [-0.4, -0.2) is 44.6 Å². The van der Waals surface area contributed by atoms with E-state index in [1.54, 1.807) is 14.0 Å². The molecule has 2 amide bonds. The molecule has 0 atom stereocenters. The van der Waals surface area contributed by atoms with Crippen LogP contribution in [0.2, 0.25) is 0 Å². The molecular weight excluding hydrogens is 314 g/mol. The van der Waals surface area contributed by atoms with Gasteiger partial charge in [-0.3, -0.25) is 4.79 Å². The summed E-state index contributed by atoms with van der Waals surface area (Å²) in [5, 5.41) is 6.88. The van der Waals surface area contributed by atoms with E-state index in [0.29, 0.717) is 25.3 Å². The number of aryl methyl sites for hydroxylation is 1. The summed E-state index contributed by atoms with van der Waals surface area (Å²) in [5.74, 6) is 0.721. The summed E-state index contributed by atoms with van der Waals surface area (Å²) in [7, 11) is 1.57. The summed E-state index contributed by atoms with van der Waals surface area (Å²) in [6.07, 6.45) is 1.68. The minimum atomic E-state index is -0.601. The lowest BCUT2D eigenvalue weighted by atomic mass is 9.93. The van der Waals surface area contributed by atoms with E-state index in [4.69, 9.17) is 13.9 Å². The van der Waals surface area contributed by atoms with Crippen molar-refractivity contribution in [1.82, 2.24) is 10.7 Å². The first-order valence-corrected chi connectivity index (χ1v) is 7.97. The molecule has 0 saturated carbocycles. The minimum Gasteiger partial charge on any atom is -0.455 e. The highest BCUT2D eigenvalue weighted by molar-refractivity contribution is 6.06. The molecule has 1 aliphatic rings. The fourth-order valence-electron chi connectivity index (χ4n) is 2.62. The highest BCUT2D eigenvalue weighted by Crippen LogP contribution is 2.29. The zero-order chi connectivity index (χ0) is 17.5. The number of ether oxygens (including phenoxy) is 2. The van der Waals surface area contributed by atoms with Crippen LogP contribution in [0.4, 0.5) is 4.79 Å². The van der Waals surface area contributed by atoms with Crippen molar-refractivity contribution in [2.75, 3.05) is 26.9 Å². The number of nitrogens with one attached hydrogen (secondary N) is 2. The summed E-state index contributed by atoms with van der Waals surface area (Å²) in [4.78, 5) is 23.6. The third kappa shape index (κ3) is 4.14. The maximum Gasteiger partial charge on any atom is 0.427 e. The zero-order valence-electron chi connectivity index (χ0n) is 14.2. The SMILES string of the molecule is CCOC(=O)N/N=C1\CCCc2oc(C(=O)NCCOC)c(C)c21. The maximum atomic E-state index is 12.2. The zero-order valence-corrected chi connectivity index (χ0v) is 14.2. The van der Waals surface area contributed by atoms with Gasteiger partial charge in [0, 0.05) is 31.2 Å². The first-order chi connectivity index (χ1) is 11.6. The van der Waals surface area contributed by atoms with Crippen molar-refractivity contribution in [2.45, 2.75) is 33.1 Å². The lowest BCUT2D eigenvalue weighted by molar-refractivity contribution is 0.0906. The lowest BCUT2D eigenvalue weighted by Gasteiger charge is -2.13. The third-order valence-electron chi connectivity index (χ3n) is 3.68. The second-order valence-corrected chi connectivity index (χ2v) is 5.35. The fraction of sp³-hybridized carbons (Fsp3) is 0.562. The number of furan rings is 1. The van der Waals surface area contributed by atoms with Crippen LogP contribution in [0.5, 0.6) is 0 Å². The van der Waals surface area contributed by atoms with Gasteiger partial charge in [0.2, 0.25) is 0 Å². The molecule has 0 aliphatic heterocycles. The van der Waals surface area contributed by atoms with Gasteiger partial charge in [-0.05, 0) is 26.7 Å². The Morgan fingerprint density at radius 2 is 2.12 bits per heavy atom.